The molecule has 0 radical (unpaired) electrons. The molecule has 0 aliphatic carbocycles. The number of benzene rings is 1. The first-order valence-electron chi connectivity index (χ1n) is 4.97. The van der Waals surface area contributed by atoms with Gasteiger partial charge < -0.3 is 15.9 Å². The summed E-state index contributed by atoms with van der Waals surface area (Å²) < 4.78 is 0.150. The highest BCUT2D eigenvalue weighted by molar-refractivity contribution is 9.10. The Morgan fingerprint density at radius 2 is 2.17 bits per heavy atom. The maximum atomic E-state index is 10.7. The predicted octanol–water partition coefficient (Wildman–Crippen LogP) is 1.93. The van der Waals surface area contributed by atoms with Crippen LogP contribution in [0.4, 0.5) is 5.69 Å². The lowest BCUT2D eigenvalue weighted by Gasteiger charge is -2.11. The molecule has 0 aliphatic rings. The highest BCUT2D eigenvalue weighted by atomic mass is 79.9. The van der Waals surface area contributed by atoms with Crippen molar-refractivity contribution in [2.75, 3.05) is 0 Å². The number of hydrogen-bond donors (Lipinski definition) is 3. The number of rotatable bonds is 5. The zero-order valence-corrected chi connectivity index (χ0v) is 10.8. The number of carboxylic acid groups (broad SMARTS) is 1. The van der Waals surface area contributed by atoms with Crippen LogP contribution in [-0.2, 0) is 4.79 Å². The van der Waals surface area contributed by atoms with Gasteiger partial charge in [-0.3, -0.25) is 14.9 Å². The summed E-state index contributed by atoms with van der Waals surface area (Å²) >= 11 is 2.99. The van der Waals surface area contributed by atoms with E-state index in [1.807, 2.05) is 0 Å². The molecule has 0 amide bonds. The van der Waals surface area contributed by atoms with Gasteiger partial charge in [-0.25, -0.2) is 0 Å². The van der Waals surface area contributed by atoms with E-state index in [1.165, 1.54) is 6.07 Å². The molecular weight excluding hydrogens is 308 g/mol. The smallest absolute Gasteiger partial charge is 0.312 e. The molecule has 1 aromatic carbocycles. The molecule has 1 atom stereocenters. The number of nitro groups is 1. The molecule has 1 unspecified atom stereocenters. The van der Waals surface area contributed by atoms with Crippen LogP contribution < -0.4 is 5.73 Å². The van der Waals surface area contributed by atoms with E-state index in [1.54, 1.807) is 0 Å². The largest absolute Gasteiger partial charge is 0.501 e. The quantitative estimate of drug-likeness (QED) is 0.562. The third-order valence-corrected chi connectivity index (χ3v) is 2.96. The maximum Gasteiger partial charge on any atom is 0.312 e. The van der Waals surface area contributed by atoms with Crippen LogP contribution in [0.1, 0.15) is 24.4 Å². The number of aromatic hydroxyl groups is 1. The van der Waals surface area contributed by atoms with Crippen molar-refractivity contribution in [3.63, 3.8) is 0 Å². The third-order valence-electron chi connectivity index (χ3n) is 2.36. The second-order valence-electron chi connectivity index (χ2n) is 3.67. The van der Waals surface area contributed by atoms with E-state index < -0.39 is 28.4 Å². The van der Waals surface area contributed by atoms with E-state index in [9.17, 15) is 20.0 Å². The molecule has 1 rings (SSSR count). The number of nitro benzene ring substituents is 1. The Bertz CT molecular complexity index is 491. The molecule has 0 bridgehead atoms. The standard InChI is InChI=1S/C10H11BrN2O5/c11-6-3-5(7(12)1-2-9(14)15)4-8(10(6)16)13(17)18/h3-4,7,16H,1-2,12H2,(H,14,15). The first-order valence-corrected chi connectivity index (χ1v) is 5.76. The topological polar surface area (TPSA) is 127 Å². The highest BCUT2D eigenvalue weighted by Gasteiger charge is 2.20. The number of phenolic OH excluding ortho intramolecular Hbond substituents is 1. The van der Waals surface area contributed by atoms with Gasteiger partial charge in [-0.2, -0.15) is 0 Å². The fourth-order valence-electron chi connectivity index (χ4n) is 1.40. The van der Waals surface area contributed by atoms with Gasteiger partial charge in [-0.15, -0.1) is 0 Å². The molecule has 0 heterocycles. The van der Waals surface area contributed by atoms with Gasteiger partial charge in [0.2, 0.25) is 5.75 Å². The van der Waals surface area contributed by atoms with Gasteiger partial charge in [-0.05, 0) is 34.0 Å². The zero-order chi connectivity index (χ0) is 13.9. The van der Waals surface area contributed by atoms with Gasteiger partial charge in [0.1, 0.15) is 0 Å². The Hall–Kier alpha value is -1.67. The molecule has 1 aromatic rings. The normalized spacial score (nSPS) is 12.1. The van der Waals surface area contributed by atoms with E-state index in [2.05, 4.69) is 15.9 Å². The molecule has 0 aliphatic heterocycles. The van der Waals surface area contributed by atoms with Gasteiger partial charge in [0, 0.05) is 18.5 Å². The highest BCUT2D eigenvalue weighted by Crippen LogP contribution is 2.36. The van der Waals surface area contributed by atoms with Crippen molar-refractivity contribution in [2.45, 2.75) is 18.9 Å². The summed E-state index contributed by atoms with van der Waals surface area (Å²) in [6, 6.07) is 1.94. The number of hydrogen-bond acceptors (Lipinski definition) is 5. The second kappa shape index (κ2) is 5.78. The van der Waals surface area contributed by atoms with E-state index in [4.69, 9.17) is 10.8 Å². The minimum atomic E-state index is -0.988. The summed E-state index contributed by atoms with van der Waals surface area (Å²) in [4.78, 5) is 20.4. The van der Waals surface area contributed by atoms with Crippen LogP contribution in [0.3, 0.4) is 0 Å². The van der Waals surface area contributed by atoms with Crippen molar-refractivity contribution < 1.29 is 19.9 Å². The molecule has 4 N–H and O–H groups in total. The fraction of sp³-hybridized carbons (Fsp3) is 0.300. The number of carboxylic acids is 1. The Morgan fingerprint density at radius 3 is 2.67 bits per heavy atom. The van der Waals surface area contributed by atoms with E-state index >= 15 is 0 Å². The summed E-state index contributed by atoms with van der Waals surface area (Å²) in [6.45, 7) is 0. The molecule has 7 nitrogen and oxygen atoms in total. The van der Waals surface area contributed by atoms with Crippen molar-refractivity contribution in [3.05, 3.63) is 32.3 Å². The number of carbonyl (C=O) groups is 1. The van der Waals surface area contributed by atoms with Gasteiger partial charge in [0.05, 0.1) is 9.40 Å². The summed E-state index contributed by atoms with van der Waals surface area (Å²) in [5.74, 6) is -1.47. The number of nitrogens with two attached hydrogens (primary N) is 1. The summed E-state index contributed by atoms with van der Waals surface area (Å²) in [7, 11) is 0. The lowest BCUT2D eigenvalue weighted by atomic mass is 10.0. The average Bonchev–Trinajstić information content (AvgIpc) is 2.28. The van der Waals surface area contributed by atoms with Crippen LogP contribution >= 0.6 is 15.9 Å². The monoisotopic (exact) mass is 318 g/mol. The molecule has 0 spiro atoms. The van der Waals surface area contributed by atoms with Crippen LogP contribution in [-0.4, -0.2) is 21.1 Å². The van der Waals surface area contributed by atoms with Crippen molar-refractivity contribution in [1.29, 1.82) is 0 Å². The molecular formula is C10H11BrN2O5. The minimum absolute atomic E-state index is 0.131. The average molecular weight is 319 g/mol. The molecule has 0 saturated carbocycles. The molecule has 8 heteroatoms. The van der Waals surface area contributed by atoms with Crippen LogP contribution in [0, 0.1) is 10.1 Å². The third kappa shape index (κ3) is 3.41. The minimum Gasteiger partial charge on any atom is -0.501 e. The van der Waals surface area contributed by atoms with E-state index in [0.717, 1.165) is 6.07 Å². The first kappa shape index (κ1) is 14.4. The lowest BCUT2D eigenvalue weighted by molar-refractivity contribution is -0.386. The number of halogens is 1. The second-order valence-corrected chi connectivity index (χ2v) is 4.52. The molecule has 18 heavy (non-hydrogen) atoms. The van der Waals surface area contributed by atoms with Gasteiger partial charge >= 0.3 is 11.7 Å². The SMILES string of the molecule is NC(CCC(=O)O)c1cc(Br)c(O)c([N+](=O)[O-])c1. The molecule has 98 valence electrons. The first-order chi connectivity index (χ1) is 8.32. The van der Waals surface area contributed by atoms with Crippen LogP contribution in [0.2, 0.25) is 0 Å². The molecule has 0 fully saturated rings. The Balaban J connectivity index is 3.03. The Kier molecular flexibility index (Phi) is 4.62. The number of nitrogens with zero attached hydrogens (tertiary/aromatic N) is 1. The molecule has 0 aromatic heterocycles. The lowest BCUT2D eigenvalue weighted by Crippen LogP contribution is -2.12. The predicted molar refractivity (Wildman–Crippen MR) is 66.3 cm³/mol. The van der Waals surface area contributed by atoms with Crippen molar-refractivity contribution >= 4 is 27.6 Å². The van der Waals surface area contributed by atoms with E-state index in [0.29, 0.717) is 5.56 Å². The van der Waals surface area contributed by atoms with Crippen LogP contribution in [0.25, 0.3) is 0 Å². The van der Waals surface area contributed by atoms with Crippen molar-refractivity contribution in [3.8, 4) is 5.75 Å². The van der Waals surface area contributed by atoms with Gasteiger partial charge in [0.25, 0.3) is 0 Å². The molecule has 0 saturated heterocycles. The fourth-order valence-corrected chi connectivity index (χ4v) is 1.87. The summed E-state index contributed by atoms with van der Waals surface area (Å²) in [5.41, 5.74) is 5.67. The summed E-state index contributed by atoms with van der Waals surface area (Å²) in [6.07, 6.45) is 0.0250. The number of phenols is 1. The number of aliphatic carboxylic acids is 1. The van der Waals surface area contributed by atoms with E-state index in [-0.39, 0.29) is 17.3 Å². The Morgan fingerprint density at radius 1 is 1.56 bits per heavy atom. The van der Waals surface area contributed by atoms with Crippen molar-refractivity contribution in [2.24, 2.45) is 5.73 Å². The maximum absolute atomic E-state index is 10.7. The van der Waals surface area contributed by atoms with Crippen LogP contribution in [0.15, 0.2) is 16.6 Å². The zero-order valence-electron chi connectivity index (χ0n) is 9.17. The van der Waals surface area contributed by atoms with Gasteiger partial charge in [0.15, 0.2) is 0 Å². The Labute approximate surface area is 111 Å². The van der Waals surface area contributed by atoms with Gasteiger partial charge in [-0.1, -0.05) is 0 Å². The summed E-state index contributed by atoms with van der Waals surface area (Å²) in [5, 5.41) is 28.7. The van der Waals surface area contributed by atoms with Crippen LogP contribution in [0.5, 0.6) is 5.75 Å². The van der Waals surface area contributed by atoms with Crippen molar-refractivity contribution in [1.82, 2.24) is 0 Å².